The topological polar surface area (TPSA) is 47.6 Å². The van der Waals surface area contributed by atoms with E-state index in [2.05, 4.69) is 27.9 Å². The van der Waals surface area contributed by atoms with E-state index in [9.17, 15) is 4.79 Å². The van der Waals surface area contributed by atoms with E-state index in [-0.39, 0.29) is 5.91 Å². The summed E-state index contributed by atoms with van der Waals surface area (Å²) in [6.07, 6.45) is 3.26. The third-order valence-corrected chi connectivity index (χ3v) is 4.97. The van der Waals surface area contributed by atoms with Crippen LogP contribution in [0.2, 0.25) is 0 Å². The Morgan fingerprint density at radius 2 is 1.83 bits per heavy atom. The van der Waals surface area contributed by atoms with Crippen LogP contribution in [-0.2, 0) is 11.4 Å². The molecule has 0 bridgehead atoms. The molecule has 0 fully saturated rings. The number of carbonyl (C=O) groups excluding carboxylic acids is 1. The van der Waals surface area contributed by atoms with Crippen LogP contribution < -0.4 is 14.8 Å². The molecule has 29 heavy (non-hydrogen) atoms. The summed E-state index contributed by atoms with van der Waals surface area (Å²) < 4.78 is 12.4. The molecule has 0 radical (unpaired) electrons. The summed E-state index contributed by atoms with van der Waals surface area (Å²) in [5, 5.41) is 2.90. The van der Waals surface area contributed by atoms with Crippen LogP contribution in [0.4, 0.5) is 5.69 Å². The van der Waals surface area contributed by atoms with E-state index in [1.54, 1.807) is 13.2 Å². The highest BCUT2D eigenvalue weighted by Crippen LogP contribution is 2.29. The number of carbonyl (C=O) groups is 1. The first-order valence-electron chi connectivity index (χ1n) is 9.15. The molecule has 0 aromatic heterocycles. The van der Waals surface area contributed by atoms with Crippen molar-refractivity contribution in [2.24, 2.45) is 0 Å². The third-order valence-electron chi connectivity index (χ3n) is 4.30. The van der Waals surface area contributed by atoms with E-state index in [4.69, 9.17) is 9.47 Å². The summed E-state index contributed by atoms with van der Waals surface area (Å²) in [4.78, 5) is 12.2. The lowest BCUT2D eigenvalue weighted by Crippen LogP contribution is -2.08. The molecule has 3 aromatic carbocycles. The molecule has 4 nitrogen and oxygen atoms in total. The molecule has 0 heterocycles. The molecule has 0 saturated heterocycles. The standard InChI is InChI=1S/C24H22INO3/c1-17-14-20(25)10-11-21(17)26-24(27)13-9-18-8-12-22(23(15-18)28-2)29-16-19-6-4-3-5-7-19/h3-15H,16H2,1-2H3,(H,26,27). The van der Waals surface area contributed by atoms with Crippen LogP contribution in [0.3, 0.4) is 0 Å². The van der Waals surface area contributed by atoms with Crippen LogP contribution in [0.25, 0.3) is 6.08 Å². The van der Waals surface area contributed by atoms with Gasteiger partial charge in [-0.3, -0.25) is 4.79 Å². The number of aryl methyl sites for hydroxylation is 1. The Labute approximate surface area is 184 Å². The summed E-state index contributed by atoms with van der Waals surface area (Å²) in [6.45, 7) is 2.44. The molecule has 3 aromatic rings. The highest BCUT2D eigenvalue weighted by molar-refractivity contribution is 14.1. The van der Waals surface area contributed by atoms with E-state index in [0.29, 0.717) is 18.1 Å². The van der Waals surface area contributed by atoms with E-state index < -0.39 is 0 Å². The van der Waals surface area contributed by atoms with Crippen molar-refractivity contribution in [3.05, 3.63) is 93.1 Å². The number of anilines is 1. The monoisotopic (exact) mass is 499 g/mol. The molecule has 0 aliphatic rings. The molecule has 0 unspecified atom stereocenters. The summed E-state index contributed by atoms with van der Waals surface area (Å²) >= 11 is 2.25. The Hall–Kier alpha value is -2.80. The van der Waals surface area contributed by atoms with E-state index >= 15 is 0 Å². The fourth-order valence-corrected chi connectivity index (χ4v) is 3.40. The van der Waals surface area contributed by atoms with Gasteiger partial charge < -0.3 is 14.8 Å². The maximum atomic E-state index is 12.2. The summed E-state index contributed by atoms with van der Waals surface area (Å²) in [7, 11) is 1.60. The molecule has 0 aliphatic carbocycles. The van der Waals surface area contributed by atoms with E-state index in [1.165, 1.54) is 6.08 Å². The van der Waals surface area contributed by atoms with Gasteiger partial charge in [-0.1, -0.05) is 36.4 Å². The summed E-state index contributed by atoms with van der Waals surface area (Å²) in [5.74, 6) is 1.10. The maximum absolute atomic E-state index is 12.2. The van der Waals surface area contributed by atoms with Crippen LogP contribution in [0.5, 0.6) is 11.5 Å². The quantitative estimate of drug-likeness (QED) is 0.328. The zero-order valence-electron chi connectivity index (χ0n) is 16.3. The number of amides is 1. The van der Waals surface area contributed by atoms with Crippen molar-refractivity contribution in [3.8, 4) is 11.5 Å². The summed E-state index contributed by atoms with van der Waals surface area (Å²) in [5.41, 5.74) is 3.77. The molecule has 148 valence electrons. The molecule has 0 saturated carbocycles. The highest BCUT2D eigenvalue weighted by atomic mass is 127. The van der Waals surface area contributed by atoms with Gasteiger partial charge in [-0.05, 0) is 82.6 Å². The van der Waals surface area contributed by atoms with Gasteiger partial charge in [0.1, 0.15) is 6.61 Å². The maximum Gasteiger partial charge on any atom is 0.248 e. The third kappa shape index (κ3) is 6.09. The van der Waals surface area contributed by atoms with Gasteiger partial charge in [-0.15, -0.1) is 0 Å². The Bertz CT molecular complexity index is 1020. The molecular formula is C24H22INO3. The lowest BCUT2D eigenvalue weighted by atomic mass is 10.1. The minimum absolute atomic E-state index is 0.183. The average molecular weight is 499 g/mol. The second-order valence-electron chi connectivity index (χ2n) is 6.47. The molecule has 0 atom stereocenters. The van der Waals surface area contributed by atoms with E-state index in [0.717, 1.165) is 25.9 Å². The molecule has 3 rings (SSSR count). The molecular weight excluding hydrogens is 477 g/mol. The van der Waals surface area contributed by atoms with Crippen molar-refractivity contribution in [3.63, 3.8) is 0 Å². The van der Waals surface area contributed by atoms with Crippen LogP contribution in [-0.4, -0.2) is 13.0 Å². The lowest BCUT2D eigenvalue weighted by Gasteiger charge is -2.11. The number of hydrogen-bond donors (Lipinski definition) is 1. The van der Waals surface area contributed by atoms with Gasteiger partial charge in [0.25, 0.3) is 0 Å². The smallest absolute Gasteiger partial charge is 0.248 e. The highest BCUT2D eigenvalue weighted by Gasteiger charge is 2.06. The largest absolute Gasteiger partial charge is 0.493 e. The van der Waals surface area contributed by atoms with Gasteiger partial charge in [0.05, 0.1) is 7.11 Å². The fraction of sp³-hybridized carbons (Fsp3) is 0.125. The number of ether oxygens (including phenoxy) is 2. The molecule has 5 heteroatoms. The number of nitrogens with one attached hydrogen (secondary N) is 1. The molecule has 1 N–H and O–H groups in total. The minimum Gasteiger partial charge on any atom is -0.493 e. The van der Waals surface area contributed by atoms with Crippen molar-refractivity contribution < 1.29 is 14.3 Å². The molecule has 0 spiro atoms. The van der Waals surface area contributed by atoms with Crippen LogP contribution >= 0.6 is 22.6 Å². The van der Waals surface area contributed by atoms with Crippen molar-refractivity contribution in [1.82, 2.24) is 0 Å². The first-order valence-corrected chi connectivity index (χ1v) is 10.2. The van der Waals surface area contributed by atoms with Crippen molar-refractivity contribution in [2.45, 2.75) is 13.5 Å². The van der Waals surface area contributed by atoms with Gasteiger partial charge in [0, 0.05) is 15.3 Å². The first-order chi connectivity index (χ1) is 14.0. The van der Waals surface area contributed by atoms with Gasteiger partial charge in [-0.2, -0.15) is 0 Å². The Morgan fingerprint density at radius 1 is 1.03 bits per heavy atom. The summed E-state index contributed by atoms with van der Waals surface area (Å²) in [6, 6.07) is 21.4. The predicted molar refractivity (Wildman–Crippen MR) is 125 cm³/mol. The number of methoxy groups -OCH3 is 1. The second-order valence-corrected chi connectivity index (χ2v) is 7.71. The minimum atomic E-state index is -0.183. The first kappa shape index (κ1) is 20.9. The van der Waals surface area contributed by atoms with Crippen molar-refractivity contribution in [1.29, 1.82) is 0 Å². The normalized spacial score (nSPS) is 10.7. The van der Waals surface area contributed by atoms with Crippen molar-refractivity contribution in [2.75, 3.05) is 12.4 Å². The molecule has 1 amide bonds. The lowest BCUT2D eigenvalue weighted by molar-refractivity contribution is -0.111. The average Bonchev–Trinajstić information content (AvgIpc) is 2.73. The van der Waals surface area contributed by atoms with Crippen molar-refractivity contribution >= 4 is 40.3 Å². The Kier molecular flexibility index (Phi) is 7.30. The zero-order chi connectivity index (χ0) is 20.6. The van der Waals surface area contributed by atoms with Crippen LogP contribution in [0, 0.1) is 10.5 Å². The number of rotatable bonds is 7. The van der Waals surface area contributed by atoms with Gasteiger partial charge in [0.2, 0.25) is 5.91 Å². The Morgan fingerprint density at radius 3 is 2.55 bits per heavy atom. The predicted octanol–water partition coefficient (Wildman–Crippen LogP) is 5.84. The molecule has 0 aliphatic heterocycles. The van der Waals surface area contributed by atoms with E-state index in [1.807, 2.05) is 73.7 Å². The SMILES string of the molecule is COc1cc(C=CC(=O)Nc2ccc(I)cc2C)ccc1OCc1ccccc1. The number of benzene rings is 3. The van der Waals surface area contributed by atoms with Crippen LogP contribution in [0.1, 0.15) is 16.7 Å². The van der Waals surface area contributed by atoms with Gasteiger partial charge >= 0.3 is 0 Å². The second kappa shape index (κ2) is 10.1. The van der Waals surface area contributed by atoms with Gasteiger partial charge in [0.15, 0.2) is 11.5 Å². The number of halogens is 1. The zero-order valence-corrected chi connectivity index (χ0v) is 18.5. The van der Waals surface area contributed by atoms with Gasteiger partial charge in [-0.25, -0.2) is 0 Å². The number of hydrogen-bond acceptors (Lipinski definition) is 3. The van der Waals surface area contributed by atoms with Crippen LogP contribution in [0.15, 0.2) is 72.8 Å². The fourth-order valence-electron chi connectivity index (χ4n) is 2.76. The Balaban J connectivity index is 1.65.